The number of rotatable bonds is 7. The van der Waals surface area contributed by atoms with E-state index < -0.39 is 0 Å². The molecule has 2 atom stereocenters. The molecule has 4 nitrogen and oxygen atoms in total. The highest BCUT2D eigenvalue weighted by atomic mass is 19.1. The third-order valence-corrected chi connectivity index (χ3v) is 5.95. The van der Waals surface area contributed by atoms with Gasteiger partial charge in [0.25, 0.3) is 0 Å². The number of nitrogens with one attached hydrogen (secondary N) is 1. The molecule has 1 fully saturated rings. The van der Waals surface area contributed by atoms with Crippen LogP contribution in [-0.2, 0) is 17.9 Å². The summed E-state index contributed by atoms with van der Waals surface area (Å²) in [5.74, 6) is -0.101. The number of hydrogen-bond acceptors (Lipinski definition) is 2. The number of carbonyl (C=O) groups excluding carboxylic acids is 1. The lowest BCUT2D eigenvalue weighted by atomic mass is 10.1. The maximum absolute atomic E-state index is 13.2. The fourth-order valence-corrected chi connectivity index (χ4v) is 4.16. The monoisotopic (exact) mass is 425 g/mol. The molecule has 5 rings (SSSR count). The average molecular weight is 426 g/mol. The molecule has 160 valence electrons. The first-order valence-corrected chi connectivity index (χ1v) is 10.9. The molecule has 1 saturated carbocycles. The van der Waals surface area contributed by atoms with Gasteiger partial charge in [-0.3, -0.25) is 9.48 Å². The summed E-state index contributed by atoms with van der Waals surface area (Å²) >= 11 is 0. The number of nitrogens with zero attached hydrogens (tertiary/aromatic N) is 2. The second-order valence-electron chi connectivity index (χ2n) is 8.27. The van der Waals surface area contributed by atoms with E-state index in [1.54, 1.807) is 12.1 Å². The highest BCUT2D eigenvalue weighted by Crippen LogP contribution is 2.47. The van der Waals surface area contributed by atoms with Gasteiger partial charge in [-0.2, -0.15) is 5.10 Å². The lowest BCUT2D eigenvalue weighted by Gasteiger charge is -2.06. The van der Waals surface area contributed by atoms with Crippen molar-refractivity contribution in [2.45, 2.75) is 25.4 Å². The molecule has 1 amide bonds. The lowest BCUT2D eigenvalue weighted by Crippen LogP contribution is -2.25. The summed E-state index contributed by atoms with van der Waals surface area (Å²) in [4.78, 5) is 12.8. The van der Waals surface area contributed by atoms with Gasteiger partial charge in [0.05, 0.1) is 12.2 Å². The summed E-state index contributed by atoms with van der Waals surface area (Å²) in [6, 6.07) is 26.7. The third kappa shape index (κ3) is 4.47. The number of amides is 1. The fraction of sp³-hybridized carbons (Fsp3) is 0.185. The van der Waals surface area contributed by atoms with E-state index in [4.69, 9.17) is 5.10 Å². The van der Waals surface area contributed by atoms with Gasteiger partial charge in [0.2, 0.25) is 5.91 Å². The van der Waals surface area contributed by atoms with Gasteiger partial charge in [-0.25, -0.2) is 4.39 Å². The Labute approximate surface area is 186 Å². The molecule has 0 radical (unpaired) electrons. The average Bonchev–Trinajstić information content (AvgIpc) is 3.53. The van der Waals surface area contributed by atoms with Crippen molar-refractivity contribution in [2.24, 2.45) is 5.92 Å². The molecule has 5 heteroatoms. The van der Waals surface area contributed by atoms with Crippen LogP contribution >= 0.6 is 0 Å². The van der Waals surface area contributed by atoms with Crippen LogP contribution in [0.2, 0.25) is 0 Å². The minimum atomic E-state index is -0.253. The Kier molecular flexibility index (Phi) is 5.55. The topological polar surface area (TPSA) is 46.9 Å². The van der Waals surface area contributed by atoms with Crippen molar-refractivity contribution in [1.82, 2.24) is 15.1 Å². The SMILES string of the molecule is O=C(NCc1cn(Cc2ccccc2)nc1-c1ccccc1)C1CC1c1ccc(F)cc1. The van der Waals surface area contributed by atoms with Crippen molar-refractivity contribution >= 4 is 5.91 Å². The molecule has 1 aromatic heterocycles. The quantitative estimate of drug-likeness (QED) is 0.445. The lowest BCUT2D eigenvalue weighted by molar-refractivity contribution is -0.122. The molecule has 0 bridgehead atoms. The van der Waals surface area contributed by atoms with Gasteiger partial charge in [-0.15, -0.1) is 0 Å². The van der Waals surface area contributed by atoms with Crippen molar-refractivity contribution in [2.75, 3.05) is 0 Å². The summed E-state index contributed by atoms with van der Waals surface area (Å²) in [6.07, 6.45) is 2.82. The summed E-state index contributed by atoms with van der Waals surface area (Å²) in [5, 5.41) is 7.91. The van der Waals surface area contributed by atoms with Crippen molar-refractivity contribution in [3.63, 3.8) is 0 Å². The fourth-order valence-electron chi connectivity index (χ4n) is 4.16. The Hall–Kier alpha value is -3.73. The molecule has 0 saturated heterocycles. The summed E-state index contributed by atoms with van der Waals surface area (Å²) in [7, 11) is 0. The standard InChI is InChI=1S/C27H24FN3O/c28-23-13-11-20(12-14-23)24-15-25(24)27(32)29-16-22-18-31(17-19-7-3-1-4-8-19)30-26(22)21-9-5-2-6-10-21/h1-14,18,24-25H,15-17H2,(H,29,32). The maximum atomic E-state index is 13.2. The second-order valence-corrected chi connectivity index (χ2v) is 8.27. The molecule has 1 N–H and O–H groups in total. The largest absolute Gasteiger partial charge is 0.352 e. The second kappa shape index (κ2) is 8.79. The van der Waals surface area contributed by atoms with Gasteiger partial charge in [0.1, 0.15) is 5.82 Å². The summed E-state index contributed by atoms with van der Waals surface area (Å²) < 4.78 is 15.1. The molecule has 0 aliphatic heterocycles. The number of carbonyl (C=O) groups is 1. The van der Waals surface area contributed by atoms with E-state index in [2.05, 4.69) is 17.4 Å². The smallest absolute Gasteiger partial charge is 0.224 e. The van der Waals surface area contributed by atoms with Crippen LogP contribution in [0.15, 0.2) is 91.1 Å². The minimum absolute atomic E-state index is 0.0362. The molecular formula is C27H24FN3O. The van der Waals surface area contributed by atoms with Gasteiger partial charge in [0.15, 0.2) is 0 Å². The van der Waals surface area contributed by atoms with Crippen molar-refractivity contribution in [3.05, 3.63) is 114 Å². The van der Waals surface area contributed by atoms with Crippen molar-refractivity contribution < 1.29 is 9.18 Å². The zero-order valence-electron chi connectivity index (χ0n) is 17.6. The number of hydrogen-bond donors (Lipinski definition) is 1. The number of aromatic nitrogens is 2. The van der Waals surface area contributed by atoms with Crippen LogP contribution in [0.5, 0.6) is 0 Å². The molecule has 0 spiro atoms. The van der Waals surface area contributed by atoms with E-state index in [0.29, 0.717) is 13.1 Å². The molecule has 2 unspecified atom stereocenters. The molecular weight excluding hydrogens is 401 g/mol. The summed E-state index contributed by atoms with van der Waals surface area (Å²) in [5.41, 5.74) is 5.09. The van der Waals surface area contributed by atoms with Crippen LogP contribution in [0, 0.1) is 11.7 Å². The van der Waals surface area contributed by atoms with E-state index in [9.17, 15) is 9.18 Å². The Morgan fingerprint density at radius 3 is 2.38 bits per heavy atom. The first kappa shape index (κ1) is 20.2. The first-order valence-electron chi connectivity index (χ1n) is 10.9. The Morgan fingerprint density at radius 1 is 0.969 bits per heavy atom. The molecule has 1 aliphatic rings. The van der Waals surface area contributed by atoms with Crippen molar-refractivity contribution in [3.8, 4) is 11.3 Å². The van der Waals surface area contributed by atoms with Gasteiger partial charge in [-0.1, -0.05) is 72.8 Å². The minimum Gasteiger partial charge on any atom is -0.352 e. The van der Waals surface area contributed by atoms with E-state index in [-0.39, 0.29) is 23.6 Å². The van der Waals surface area contributed by atoms with Crippen molar-refractivity contribution in [1.29, 1.82) is 0 Å². The van der Waals surface area contributed by atoms with E-state index in [1.165, 1.54) is 17.7 Å². The Bertz CT molecular complexity index is 1200. The highest BCUT2D eigenvalue weighted by molar-refractivity contribution is 5.83. The Morgan fingerprint density at radius 2 is 1.66 bits per heavy atom. The van der Waals surface area contributed by atoms with Gasteiger partial charge in [-0.05, 0) is 35.6 Å². The predicted molar refractivity (Wildman–Crippen MR) is 122 cm³/mol. The third-order valence-electron chi connectivity index (χ3n) is 5.95. The van der Waals surface area contributed by atoms with Gasteiger partial charge < -0.3 is 5.32 Å². The molecule has 1 aliphatic carbocycles. The zero-order valence-corrected chi connectivity index (χ0v) is 17.6. The molecule has 4 aromatic rings. The van der Waals surface area contributed by atoms with Crippen LogP contribution in [0.25, 0.3) is 11.3 Å². The highest BCUT2D eigenvalue weighted by Gasteiger charge is 2.43. The van der Waals surface area contributed by atoms with Gasteiger partial charge in [0, 0.05) is 29.8 Å². The van der Waals surface area contributed by atoms with Crippen LogP contribution in [-0.4, -0.2) is 15.7 Å². The maximum Gasteiger partial charge on any atom is 0.224 e. The van der Waals surface area contributed by atoms with Gasteiger partial charge >= 0.3 is 0 Å². The van der Waals surface area contributed by atoms with Crippen LogP contribution < -0.4 is 5.32 Å². The molecule has 32 heavy (non-hydrogen) atoms. The number of halogens is 1. The molecule has 3 aromatic carbocycles. The number of benzene rings is 3. The van der Waals surface area contributed by atoms with Crippen LogP contribution in [0.3, 0.4) is 0 Å². The Balaban J connectivity index is 1.30. The first-order chi connectivity index (χ1) is 15.7. The van der Waals surface area contributed by atoms with E-state index in [1.807, 2.05) is 59.4 Å². The summed E-state index contributed by atoms with van der Waals surface area (Å²) in [6.45, 7) is 1.09. The van der Waals surface area contributed by atoms with Crippen LogP contribution in [0.1, 0.15) is 29.0 Å². The normalized spacial score (nSPS) is 17.2. The van der Waals surface area contributed by atoms with Crippen LogP contribution in [0.4, 0.5) is 4.39 Å². The van der Waals surface area contributed by atoms with E-state index in [0.717, 1.165) is 28.8 Å². The van der Waals surface area contributed by atoms with E-state index >= 15 is 0 Å². The predicted octanol–water partition coefficient (Wildman–Crippen LogP) is 5.16. The zero-order chi connectivity index (χ0) is 21.9. The molecule has 1 heterocycles.